The second-order valence-electron chi connectivity index (χ2n) is 3.49. The Morgan fingerprint density at radius 2 is 2.06 bits per heavy atom. The largest absolute Gasteiger partial charge is 0.241 e. The quantitative estimate of drug-likeness (QED) is 0.359. The Balaban J connectivity index is 2.51. The fourth-order valence-corrected chi connectivity index (χ4v) is 3.37. The van der Waals surface area contributed by atoms with Gasteiger partial charge in [-0.1, -0.05) is 17.2 Å². The van der Waals surface area contributed by atoms with E-state index in [1.165, 1.54) is 6.07 Å². The van der Waals surface area contributed by atoms with Gasteiger partial charge in [0.15, 0.2) is 0 Å². The Bertz CT molecular complexity index is 541. The fraction of sp³-hybridized carbons (Fsp3) is 0.400. The lowest BCUT2D eigenvalue weighted by atomic mass is 10.3. The maximum Gasteiger partial charge on any atom is 0.241 e. The van der Waals surface area contributed by atoms with E-state index in [0.717, 1.165) is 0 Å². The van der Waals surface area contributed by atoms with Crippen LogP contribution in [0.25, 0.3) is 10.4 Å². The fourth-order valence-electron chi connectivity index (χ4n) is 1.30. The lowest BCUT2D eigenvalue weighted by molar-refractivity contribution is 0.576. The molecule has 0 aromatic heterocycles. The molecule has 8 heteroatoms. The van der Waals surface area contributed by atoms with Crippen molar-refractivity contribution in [1.29, 1.82) is 0 Å². The third-order valence-electron chi connectivity index (χ3n) is 2.17. The first-order valence-electron chi connectivity index (χ1n) is 5.33. The van der Waals surface area contributed by atoms with Gasteiger partial charge in [-0.15, -0.1) is 0 Å². The molecule has 0 heterocycles. The minimum Gasteiger partial charge on any atom is -0.211 e. The van der Waals surface area contributed by atoms with Crippen molar-refractivity contribution in [2.75, 3.05) is 13.1 Å². The minimum absolute atomic E-state index is 0.222. The summed E-state index contributed by atoms with van der Waals surface area (Å²) in [6, 6.07) is 6.63. The molecule has 1 aromatic rings. The van der Waals surface area contributed by atoms with Gasteiger partial charge >= 0.3 is 0 Å². The summed E-state index contributed by atoms with van der Waals surface area (Å²) in [5.74, 6) is 0. The molecule has 0 spiro atoms. The molecule has 98 valence electrons. The molecular weight excluding hydrogens is 320 g/mol. The highest BCUT2D eigenvalue weighted by atomic mass is 79.9. The molecule has 1 rings (SSSR count). The van der Waals surface area contributed by atoms with Gasteiger partial charge in [0.1, 0.15) is 0 Å². The van der Waals surface area contributed by atoms with Gasteiger partial charge in [0.25, 0.3) is 0 Å². The lowest BCUT2D eigenvalue weighted by Gasteiger charge is -2.07. The number of hydrogen-bond acceptors (Lipinski definition) is 3. The molecule has 1 aromatic carbocycles. The van der Waals surface area contributed by atoms with Crippen LogP contribution < -0.4 is 4.72 Å². The van der Waals surface area contributed by atoms with Gasteiger partial charge in [0, 0.05) is 22.5 Å². The molecule has 0 aliphatic carbocycles. The van der Waals surface area contributed by atoms with Gasteiger partial charge in [0.2, 0.25) is 10.0 Å². The van der Waals surface area contributed by atoms with Crippen LogP contribution in [0.15, 0.2) is 38.7 Å². The summed E-state index contributed by atoms with van der Waals surface area (Å²) in [5.41, 5.74) is 8.07. The number of benzene rings is 1. The average molecular weight is 333 g/mol. The number of sulfonamides is 1. The van der Waals surface area contributed by atoms with Crippen LogP contribution in [0, 0.1) is 0 Å². The molecule has 0 aliphatic heterocycles. The third-order valence-corrected chi connectivity index (χ3v) is 4.64. The number of nitrogens with zero attached hydrogens (tertiary/aromatic N) is 3. The van der Waals surface area contributed by atoms with Crippen molar-refractivity contribution in [2.24, 2.45) is 5.11 Å². The Morgan fingerprint density at radius 3 is 2.72 bits per heavy atom. The highest BCUT2D eigenvalue weighted by molar-refractivity contribution is 9.10. The van der Waals surface area contributed by atoms with E-state index in [4.69, 9.17) is 5.53 Å². The number of hydrogen-bond donors (Lipinski definition) is 1. The van der Waals surface area contributed by atoms with Crippen LogP contribution in [0.2, 0.25) is 0 Å². The van der Waals surface area contributed by atoms with Crippen LogP contribution in [0.1, 0.15) is 12.8 Å². The number of unbranched alkanes of at least 4 members (excludes halogenated alkanes) is 1. The van der Waals surface area contributed by atoms with E-state index in [9.17, 15) is 8.42 Å². The molecule has 0 saturated carbocycles. The number of halogens is 1. The van der Waals surface area contributed by atoms with Crippen LogP contribution >= 0.6 is 15.9 Å². The second kappa shape index (κ2) is 7.38. The van der Waals surface area contributed by atoms with Crippen molar-refractivity contribution >= 4 is 26.0 Å². The Morgan fingerprint density at radius 1 is 1.33 bits per heavy atom. The molecule has 0 aliphatic rings. The Labute approximate surface area is 114 Å². The van der Waals surface area contributed by atoms with Crippen molar-refractivity contribution < 1.29 is 8.42 Å². The van der Waals surface area contributed by atoms with Gasteiger partial charge in [0.05, 0.1) is 4.90 Å². The molecule has 0 amide bonds. The first-order valence-corrected chi connectivity index (χ1v) is 7.60. The van der Waals surface area contributed by atoms with Crippen LogP contribution in [0.4, 0.5) is 0 Å². The summed E-state index contributed by atoms with van der Waals surface area (Å²) in [5, 5.41) is 3.37. The molecule has 0 unspecified atom stereocenters. The number of rotatable bonds is 7. The topological polar surface area (TPSA) is 94.9 Å². The summed E-state index contributed by atoms with van der Waals surface area (Å²) in [4.78, 5) is 2.84. The molecule has 0 bridgehead atoms. The van der Waals surface area contributed by atoms with E-state index in [2.05, 4.69) is 30.7 Å². The van der Waals surface area contributed by atoms with Gasteiger partial charge in [-0.05, 0) is 46.4 Å². The highest BCUT2D eigenvalue weighted by Crippen LogP contribution is 2.20. The maximum atomic E-state index is 11.9. The van der Waals surface area contributed by atoms with Crippen molar-refractivity contribution in [3.8, 4) is 0 Å². The minimum atomic E-state index is -3.48. The SMILES string of the molecule is [N-]=[N+]=NCCCCNS(=O)(=O)c1ccccc1Br. The maximum absolute atomic E-state index is 11.9. The summed E-state index contributed by atoms with van der Waals surface area (Å²) in [7, 11) is -3.48. The van der Waals surface area contributed by atoms with Gasteiger partial charge in [-0.3, -0.25) is 0 Å². The summed E-state index contributed by atoms with van der Waals surface area (Å²) < 4.78 is 26.9. The van der Waals surface area contributed by atoms with Crippen LogP contribution in [0.3, 0.4) is 0 Å². The molecule has 0 atom stereocenters. The normalized spacial score (nSPS) is 10.9. The lowest BCUT2D eigenvalue weighted by Crippen LogP contribution is -2.25. The van der Waals surface area contributed by atoms with Crippen LogP contribution in [-0.4, -0.2) is 21.5 Å². The van der Waals surface area contributed by atoms with Gasteiger partial charge in [-0.25, -0.2) is 13.1 Å². The standard InChI is InChI=1S/C10H13BrN4O2S/c11-9-5-1-2-6-10(9)18(16,17)14-8-4-3-7-13-15-12/h1-2,5-6,14H,3-4,7-8H2. The molecule has 0 saturated heterocycles. The number of azide groups is 1. The second-order valence-corrected chi connectivity index (χ2v) is 6.08. The zero-order valence-corrected chi connectivity index (χ0v) is 12.0. The number of nitrogens with one attached hydrogen (secondary N) is 1. The first-order chi connectivity index (χ1) is 8.58. The zero-order chi connectivity index (χ0) is 13.4. The predicted octanol–water partition coefficient (Wildman–Crippen LogP) is 2.82. The van der Waals surface area contributed by atoms with E-state index in [1.807, 2.05) is 0 Å². The van der Waals surface area contributed by atoms with Gasteiger partial charge in [-0.2, -0.15) is 0 Å². The first kappa shape index (κ1) is 15.0. The zero-order valence-electron chi connectivity index (χ0n) is 9.58. The van der Waals surface area contributed by atoms with Crippen LogP contribution in [0.5, 0.6) is 0 Å². The van der Waals surface area contributed by atoms with E-state index < -0.39 is 10.0 Å². The average Bonchev–Trinajstić information content (AvgIpc) is 2.34. The van der Waals surface area contributed by atoms with Crippen molar-refractivity contribution in [3.63, 3.8) is 0 Å². The summed E-state index contributed by atoms with van der Waals surface area (Å²) in [6.45, 7) is 0.706. The molecule has 6 nitrogen and oxygen atoms in total. The Kier molecular flexibility index (Phi) is 6.14. The van der Waals surface area contributed by atoms with E-state index in [1.54, 1.807) is 18.2 Å². The molecular formula is C10H13BrN4O2S. The van der Waals surface area contributed by atoms with E-state index >= 15 is 0 Å². The Hall–Kier alpha value is -1.08. The summed E-state index contributed by atoms with van der Waals surface area (Å²) in [6.07, 6.45) is 1.28. The third kappa shape index (κ3) is 4.66. The monoisotopic (exact) mass is 332 g/mol. The molecule has 0 fully saturated rings. The van der Waals surface area contributed by atoms with E-state index in [0.29, 0.717) is 30.4 Å². The van der Waals surface area contributed by atoms with Crippen molar-refractivity contribution in [3.05, 3.63) is 39.2 Å². The molecule has 18 heavy (non-hydrogen) atoms. The van der Waals surface area contributed by atoms with Crippen molar-refractivity contribution in [2.45, 2.75) is 17.7 Å². The smallest absolute Gasteiger partial charge is 0.211 e. The van der Waals surface area contributed by atoms with Crippen LogP contribution in [-0.2, 0) is 10.0 Å². The van der Waals surface area contributed by atoms with Gasteiger partial charge < -0.3 is 0 Å². The van der Waals surface area contributed by atoms with E-state index in [-0.39, 0.29) is 4.90 Å². The highest BCUT2D eigenvalue weighted by Gasteiger charge is 2.15. The predicted molar refractivity (Wildman–Crippen MR) is 72.6 cm³/mol. The molecule has 1 N–H and O–H groups in total. The molecule has 0 radical (unpaired) electrons. The summed E-state index contributed by atoms with van der Waals surface area (Å²) >= 11 is 3.20. The van der Waals surface area contributed by atoms with Crippen molar-refractivity contribution in [1.82, 2.24) is 4.72 Å².